The number of nitrogens with zero attached hydrogens (tertiary/aromatic N) is 4. The Morgan fingerprint density at radius 1 is 1.23 bits per heavy atom. The van der Waals surface area contributed by atoms with Gasteiger partial charge in [-0.05, 0) is 13.8 Å². The van der Waals surface area contributed by atoms with Crippen molar-refractivity contribution >= 4 is 23.1 Å². The number of hydrogen-bond acceptors (Lipinski definition) is 5. The molecule has 0 radical (unpaired) electrons. The van der Waals surface area contributed by atoms with Gasteiger partial charge < -0.3 is 4.74 Å². The Morgan fingerprint density at radius 3 is 2.54 bits per heavy atom. The van der Waals surface area contributed by atoms with E-state index in [1.165, 1.54) is 12.4 Å². The van der Waals surface area contributed by atoms with Crippen LogP contribution in [0, 0.1) is 18.6 Å². The van der Waals surface area contributed by atoms with Gasteiger partial charge in [0.2, 0.25) is 5.84 Å². The maximum absolute atomic E-state index is 13.9. The van der Waals surface area contributed by atoms with Gasteiger partial charge in [0.05, 0.1) is 31.5 Å². The lowest BCUT2D eigenvalue weighted by atomic mass is 10.1. The molecule has 0 saturated carbocycles. The fourth-order valence-electron chi connectivity index (χ4n) is 2.88. The highest BCUT2D eigenvalue weighted by atomic mass is 19.2. The Bertz CT molecular complexity index is 899. The lowest BCUT2D eigenvalue weighted by Crippen LogP contribution is -2.54. The van der Waals surface area contributed by atoms with E-state index < -0.39 is 22.0 Å². The van der Waals surface area contributed by atoms with Crippen LogP contribution >= 0.6 is 0 Å². The molecule has 1 aliphatic rings. The van der Waals surface area contributed by atoms with Gasteiger partial charge in [0.25, 0.3) is 0 Å². The second-order valence-electron chi connectivity index (χ2n) is 6.39. The number of carbonyl (C=O) groups is 1. The third kappa shape index (κ3) is 2.91. The first-order valence-electron chi connectivity index (χ1n) is 8.08. The molecule has 0 bridgehead atoms. The van der Waals surface area contributed by atoms with Gasteiger partial charge in [-0.2, -0.15) is 9.48 Å². The maximum atomic E-state index is 13.9. The zero-order valence-corrected chi connectivity index (χ0v) is 15.0. The number of hydrogen-bond donors (Lipinski definition) is 0. The molecule has 136 valence electrons. The summed E-state index contributed by atoms with van der Waals surface area (Å²) in [6, 6.07) is 2.01. The van der Waals surface area contributed by atoms with Crippen LogP contribution in [0.2, 0.25) is 0 Å². The summed E-state index contributed by atoms with van der Waals surface area (Å²) in [5.41, 5.74) is 1.27. The van der Waals surface area contributed by atoms with Crippen LogP contribution in [-0.4, -0.2) is 42.0 Å². The number of benzene rings is 1. The second-order valence-corrected chi connectivity index (χ2v) is 6.39. The molecule has 0 N–H and O–H groups in total. The Kier molecular flexibility index (Phi) is 4.64. The van der Waals surface area contributed by atoms with Crippen molar-refractivity contribution < 1.29 is 18.3 Å². The van der Waals surface area contributed by atoms with E-state index in [1.54, 1.807) is 21.1 Å². The largest absolute Gasteiger partial charge is 0.381 e. The van der Waals surface area contributed by atoms with E-state index in [-0.39, 0.29) is 23.2 Å². The number of aryl methyl sites for hydroxylation is 1. The van der Waals surface area contributed by atoms with Gasteiger partial charge in [-0.15, -0.1) is 0 Å². The molecule has 2 atom stereocenters. The number of methoxy groups -OCH3 is 1. The van der Waals surface area contributed by atoms with E-state index in [9.17, 15) is 13.6 Å². The first-order chi connectivity index (χ1) is 12.3. The highest BCUT2D eigenvalue weighted by molar-refractivity contribution is 6.20. The van der Waals surface area contributed by atoms with E-state index in [0.717, 1.165) is 12.1 Å². The van der Waals surface area contributed by atoms with Gasteiger partial charge >= 0.3 is 5.91 Å². The SMILES string of the molecule is COC(C)CC1=Nc2cc(F)c(F)cc2[N+]1(C)C(=O)c1cnc(C)cn1. The summed E-state index contributed by atoms with van der Waals surface area (Å²) >= 11 is 0. The van der Waals surface area contributed by atoms with Gasteiger partial charge in [0.15, 0.2) is 23.0 Å². The predicted molar refractivity (Wildman–Crippen MR) is 93.4 cm³/mol. The standard InChI is InChI=1S/C18H19F2N4O2/c1-10-8-22-15(9-21-10)18(25)24(3)16-7-13(20)12(19)6-14(16)23-17(24)5-11(2)26-4/h6-9,11H,5H2,1-4H3/q+1. The number of carbonyl (C=O) groups excluding carboxylic acids is 1. The number of amides is 1. The number of rotatable bonds is 4. The molecule has 2 unspecified atom stereocenters. The number of aromatic nitrogens is 2. The zero-order valence-electron chi connectivity index (χ0n) is 15.0. The number of fused-ring (bicyclic) bond motifs is 1. The molecule has 8 heteroatoms. The lowest BCUT2D eigenvalue weighted by Gasteiger charge is -2.28. The molecule has 0 saturated heterocycles. The Morgan fingerprint density at radius 2 is 1.92 bits per heavy atom. The normalized spacial score (nSPS) is 19.8. The summed E-state index contributed by atoms with van der Waals surface area (Å²) in [7, 11) is 3.14. The summed E-state index contributed by atoms with van der Waals surface area (Å²) in [6.07, 6.45) is 2.94. The molecule has 6 nitrogen and oxygen atoms in total. The fourth-order valence-corrected chi connectivity index (χ4v) is 2.88. The van der Waals surface area contributed by atoms with Crippen molar-refractivity contribution in [2.45, 2.75) is 26.4 Å². The first-order valence-corrected chi connectivity index (χ1v) is 8.08. The molecule has 0 spiro atoms. The van der Waals surface area contributed by atoms with Gasteiger partial charge in [0.1, 0.15) is 5.69 Å². The van der Waals surface area contributed by atoms with Crippen molar-refractivity contribution in [3.05, 3.63) is 47.5 Å². The second kappa shape index (κ2) is 6.62. The number of aliphatic imine (C=N–C) groups is 1. The molecule has 1 amide bonds. The van der Waals surface area contributed by atoms with Crippen LogP contribution in [0.1, 0.15) is 29.5 Å². The number of quaternary nitrogens is 1. The number of halogens is 2. The summed E-state index contributed by atoms with van der Waals surface area (Å²) in [4.78, 5) is 25.9. The van der Waals surface area contributed by atoms with Gasteiger partial charge in [-0.3, -0.25) is 4.98 Å². The van der Waals surface area contributed by atoms with Crippen molar-refractivity contribution in [1.82, 2.24) is 14.5 Å². The van der Waals surface area contributed by atoms with Crippen molar-refractivity contribution in [3.8, 4) is 0 Å². The summed E-state index contributed by atoms with van der Waals surface area (Å²) in [6.45, 7) is 3.58. The van der Waals surface area contributed by atoms with Crippen molar-refractivity contribution in [3.63, 3.8) is 0 Å². The van der Waals surface area contributed by atoms with Gasteiger partial charge in [-0.25, -0.2) is 18.6 Å². The van der Waals surface area contributed by atoms with E-state index in [0.29, 0.717) is 18.0 Å². The molecule has 0 aliphatic carbocycles. The topological polar surface area (TPSA) is 64.4 Å². The van der Waals surface area contributed by atoms with E-state index in [1.807, 2.05) is 6.92 Å². The summed E-state index contributed by atoms with van der Waals surface area (Å²) in [5, 5.41) is 0. The van der Waals surface area contributed by atoms with Crippen LogP contribution in [0.4, 0.5) is 20.2 Å². The third-order valence-electron chi connectivity index (χ3n) is 4.54. The lowest BCUT2D eigenvalue weighted by molar-refractivity contribution is 0.0858. The van der Waals surface area contributed by atoms with E-state index in [4.69, 9.17) is 4.74 Å². The number of ether oxygens (including phenoxy) is 1. The minimum atomic E-state index is -1.04. The molecule has 3 rings (SSSR count). The van der Waals surface area contributed by atoms with Crippen molar-refractivity contribution in [2.75, 3.05) is 14.2 Å². The smallest absolute Gasteiger partial charge is 0.376 e. The highest BCUT2D eigenvalue weighted by Crippen LogP contribution is 2.42. The van der Waals surface area contributed by atoms with Crippen LogP contribution in [-0.2, 0) is 4.74 Å². The van der Waals surface area contributed by atoms with Crippen molar-refractivity contribution in [2.24, 2.45) is 4.99 Å². The molecular weight excluding hydrogens is 342 g/mol. The minimum Gasteiger partial charge on any atom is -0.381 e. The van der Waals surface area contributed by atoms with Crippen molar-refractivity contribution in [1.29, 1.82) is 0 Å². The van der Waals surface area contributed by atoms with Crippen LogP contribution in [0.3, 0.4) is 0 Å². The zero-order chi connectivity index (χ0) is 19.1. The third-order valence-corrected chi connectivity index (χ3v) is 4.54. The molecule has 1 aromatic heterocycles. The monoisotopic (exact) mass is 361 g/mol. The molecule has 2 aromatic rings. The molecule has 1 aliphatic heterocycles. The van der Waals surface area contributed by atoms with E-state index in [2.05, 4.69) is 15.0 Å². The molecule has 2 heterocycles. The van der Waals surface area contributed by atoms with E-state index >= 15 is 0 Å². The van der Waals surface area contributed by atoms with Crippen LogP contribution < -0.4 is 4.48 Å². The average molecular weight is 361 g/mol. The molecule has 26 heavy (non-hydrogen) atoms. The van der Waals surface area contributed by atoms with Crippen LogP contribution in [0.5, 0.6) is 0 Å². The molecule has 1 aromatic carbocycles. The molecule has 0 fully saturated rings. The Hall–Kier alpha value is -2.58. The van der Waals surface area contributed by atoms with Gasteiger partial charge in [0, 0.05) is 25.4 Å². The van der Waals surface area contributed by atoms with Crippen LogP contribution in [0.25, 0.3) is 0 Å². The average Bonchev–Trinajstić information content (AvgIpc) is 2.88. The summed E-state index contributed by atoms with van der Waals surface area (Å²) < 4.78 is 32.4. The van der Waals surface area contributed by atoms with Crippen LogP contribution in [0.15, 0.2) is 29.5 Å². The predicted octanol–water partition coefficient (Wildman–Crippen LogP) is 3.31. The fraction of sp³-hybridized carbons (Fsp3) is 0.333. The number of amidine groups is 1. The minimum absolute atomic E-state index is 0.119. The van der Waals surface area contributed by atoms with Gasteiger partial charge in [-0.1, -0.05) is 0 Å². The Labute approximate surface area is 149 Å². The highest BCUT2D eigenvalue weighted by Gasteiger charge is 2.48. The summed E-state index contributed by atoms with van der Waals surface area (Å²) in [5.74, 6) is -2.05. The Balaban J connectivity index is 2.14. The molecular formula is C18H19F2N4O2+. The first kappa shape index (κ1) is 18.2. The quantitative estimate of drug-likeness (QED) is 0.784. The maximum Gasteiger partial charge on any atom is 0.376 e.